The van der Waals surface area contributed by atoms with Gasteiger partial charge in [-0.05, 0) is 19.4 Å². The molecule has 1 unspecified atom stereocenters. The molecule has 1 heterocycles. The summed E-state index contributed by atoms with van der Waals surface area (Å²) in [7, 11) is 0. The van der Waals surface area contributed by atoms with Gasteiger partial charge >= 0.3 is 11.9 Å². The minimum absolute atomic E-state index is 0.0984. The Hall–Kier alpha value is -1.65. The number of aliphatic carboxylic acids is 2. The third kappa shape index (κ3) is 1.74. The molecule has 5 nitrogen and oxygen atoms in total. The van der Waals surface area contributed by atoms with Crippen LogP contribution in [0.1, 0.15) is 13.3 Å². The fourth-order valence-corrected chi connectivity index (χ4v) is 0.911. The first-order valence-corrected chi connectivity index (χ1v) is 3.68. The van der Waals surface area contributed by atoms with E-state index >= 15 is 0 Å². The average Bonchev–Trinajstić information content (AvgIpc) is 2.04. The second-order valence-electron chi connectivity index (χ2n) is 3.08. The number of rotatable bonds is 2. The fraction of sp³-hybridized carbons (Fsp3) is 0.375. The summed E-state index contributed by atoms with van der Waals surface area (Å²) in [6.07, 6.45) is 2.64. The van der Waals surface area contributed by atoms with Gasteiger partial charge in [0.05, 0.1) is 0 Å². The maximum Gasteiger partial charge on any atom is 0.354 e. The molecule has 1 aliphatic rings. The van der Waals surface area contributed by atoms with Crippen LogP contribution in [0.2, 0.25) is 0 Å². The van der Waals surface area contributed by atoms with Crippen molar-refractivity contribution in [1.82, 2.24) is 0 Å². The van der Waals surface area contributed by atoms with Crippen LogP contribution in [0.3, 0.4) is 0 Å². The van der Waals surface area contributed by atoms with Crippen molar-refractivity contribution in [2.45, 2.75) is 13.3 Å². The van der Waals surface area contributed by atoms with Crippen LogP contribution in [0, 0.1) is 5.41 Å². The van der Waals surface area contributed by atoms with E-state index in [0.717, 1.165) is 0 Å². The molecule has 0 bridgehead atoms. The average molecular weight is 183 g/mol. The molecule has 0 amide bonds. The van der Waals surface area contributed by atoms with E-state index in [0.29, 0.717) is 0 Å². The van der Waals surface area contributed by atoms with Crippen molar-refractivity contribution < 1.29 is 19.8 Å². The highest BCUT2D eigenvalue weighted by Crippen LogP contribution is 2.25. The summed E-state index contributed by atoms with van der Waals surface area (Å²) in [6, 6.07) is 0. The standard InChI is InChI=1S/C8H9NO4/c1-8(7(12)13)3-2-5(6(10)11)9-4-8/h2,4H,3H2,1H3,(H,10,11)(H,12,13). The number of carboxylic acids is 2. The maximum absolute atomic E-state index is 10.7. The monoisotopic (exact) mass is 183 g/mol. The highest BCUT2D eigenvalue weighted by Gasteiger charge is 2.33. The number of carbonyl (C=O) groups is 2. The SMILES string of the molecule is CC1(C(=O)O)C=NC(C(=O)O)=CC1. The molecular formula is C8H9NO4. The van der Waals surface area contributed by atoms with Crippen molar-refractivity contribution >= 4 is 18.2 Å². The van der Waals surface area contributed by atoms with Crippen LogP contribution >= 0.6 is 0 Å². The molecule has 1 atom stereocenters. The molecule has 0 radical (unpaired) electrons. The highest BCUT2D eigenvalue weighted by molar-refractivity contribution is 5.98. The molecule has 0 aliphatic carbocycles. The van der Waals surface area contributed by atoms with E-state index in [-0.39, 0.29) is 12.1 Å². The maximum atomic E-state index is 10.7. The number of allylic oxidation sites excluding steroid dienone is 1. The predicted molar refractivity (Wildman–Crippen MR) is 44.6 cm³/mol. The first-order chi connectivity index (χ1) is 5.96. The molecule has 5 heteroatoms. The molecule has 0 aromatic heterocycles. The van der Waals surface area contributed by atoms with Crippen LogP contribution in [0.5, 0.6) is 0 Å². The van der Waals surface area contributed by atoms with Crippen molar-refractivity contribution in [3.63, 3.8) is 0 Å². The van der Waals surface area contributed by atoms with Gasteiger partial charge in [-0.25, -0.2) is 4.79 Å². The van der Waals surface area contributed by atoms with Crippen LogP contribution in [0.4, 0.5) is 0 Å². The van der Waals surface area contributed by atoms with Gasteiger partial charge in [0.2, 0.25) is 0 Å². The Kier molecular flexibility index (Phi) is 2.18. The third-order valence-corrected chi connectivity index (χ3v) is 1.92. The lowest BCUT2D eigenvalue weighted by molar-refractivity contribution is -0.144. The summed E-state index contributed by atoms with van der Waals surface area (Å²) >= 11 is 0. The quantitative estimate of drug-likeness (QED) is 0.653. The highest BCUT2D eigenvalue weighted by atomic mass is 16.4. The van der Waals surface area contributed by atoms with E-state index in [9.17, 15) is 9.59 Å². The van der Waals surface area contributed by atoms with Gasteiger partial charge in [0.15, 0.2) is 0 Å². The molecule has 13 heavy (non-hydrogen) atoms. The van der Waals surface area contributed by atoms with E-state index in [1.165, 1.54) is 19.2 Å². The Morgan fingerprint density at radius 2 is 2.15 bits per heavy atom. The van der Waals surface area contributed by atoms with Gasteiger partial charge in [-0.3, -0.25) is 9.79 Å². The molecular weight excluding hydrogens is 174 g/mol. The minimum Gasteiger partial charge on any atom is -0.481 e. The van der Waals surface area contributed by atoms with Crippen LogP contribution in [-0.2, 0) is 9.59 Å². The molecule has 0 aromatic rings. The second kappa shape index (κ2) is 3.01. The van der Waals surface area contributed by atoms with E-state index in [1.807, 2.05) is 0 Å². The van der Waals surface area contributed by atoms with Crippen molar-refractivity contribution in [2.24, 2.45) is 10.4 Å². The van der Waals surface area contributed by atoms with Crippen LogP contribution in [-0.4, -0.2) is 28.4 Å². The van der Waals surface area contributed by atoms with Gasteiger partial charge in [-0.2, -0.15) is 0 Å². The summed E-state index contributed by atoms with van der Waals surface area (Å²) in [6.45, 7) is 1.49. The van der Waals surface area contributed by atoms with Crippen molar-refractivity contribution in [3.05, 3.63) is 11.8 Å². The van der Waals surface area contributed by atoms with Gasteiger partial charge in [0.1, 0.15) is 11.1 Å². The second-order valence-corrected chi connectivity index (χ2v) is 3.08. The normalized spacial score (nSPS) is 26.7. The predicted octanol–water partition coefficient (Wildman–Crippen LogP) is 0.520. The Bertz CT molecular complexity index is 318. The molecule has 1 aliphatic heterocycles. The number of nitrogens with zero attached hydrogens (tertiary/aromatic N) is 1. The Morgan fingerprint density at radius 1 is 1.54 bits per heavy atom. The lowest BCUT2D eigenvalue weighted by atomic mass is 9.86. The smallest absolute Gasteiger partial charge is 0.354 e. The molecule has 70 valence electrons. The number of aliphatic imine (C=N–C) groups is 1. The lowest BCUT2D eigenvalue weighted by Gasteiger charge is -2.20. The van der Waals surface area contributed by atoms with Crippen molar-refractivity contribution in [2.75, 3.05) is 0 Å². The molecule has 2 N–H and O–H groups in total. The van der Waals surface area contributed by atoms with E-state index in [2.05, 4.69) is 4.99 Å². The first-order valence-electron chi connectivity index (χ1n) is 3.68. The van der Waals surface area contributed by atoms with Gasteiger partial charge in [0, 0.05) is 6.21 Å². The van der Waals surface area contributed by atoms with Crippen molar-refractivity contribution in [3.8, 4) is 0 Å². The number of carboxylic acid groups (broad SMARTS) is 2. The molecule has 0 fully saturated rings. The van der Waals surface area contributed by atoms with Gasteiger partial charge in [-0.1, -0.05) is 0 Å². The lowest BCUT2D eigenvalue weighted by Crippen LogP contribution is -2.30. The zero-order valence-electron chi connectivity index (χ0n) is 7.02. The third-order valence-electron chi connectivity index (χ3n) is 1.92. The Morgan fingerprint density at radius 3 is 2.46 bits per heavy atom. The fourth-order valence-electron chi connectivity index (χ4n) is 0.911. The van der Waals surface area contributed by atoms with E-state index < -0.39 is 17.4 Å². The first kappa shape index (κ1) is 9.44. The Balaban J connectivity index is 2.85. The molecule has 1 rings (SSSR count). The van der Waals surface area contributed by atoms with E-state index in [1.54, 1.807) is 0 Å². The molecule has 0 saturated heterocycles. The number of hydrogen-bond acceptors (Lipinski definition) is 3. The summed E-state index contributed by atoms with van der Waals surface area (Å²) in [4.78, 5) is 24.6. The topological polar surface area (TPSA) is 87.0 Å². The van der Waals surface area contributed by atoms with Gasteiger partial charge in [0.25, 0.3) is 0 Å². The summed E-state index contributed by atoms with van der Waals surface area (Å²) in [5.74, 6) is -2.14. The summed E-state index contributed by atoms with van der Waals surface area (Å²) < 4.78 is 0. The molecule has 0 saturated carbocycles. The van der Waals surface area contributed by atoms with Crippen LogP contribution in [0.25, 0.3) is 0 Å². The molecule has 0 aromatic carbocycles. The Labute approximate surface area is 74.4 Å². The van der Waals surface area contributed by atoms with Crippen molar-refractivity contribution in [1.29, 1.82) is 0 Å². The largest absolute Gasteiger partial charge is 0.481 e. The number of hydrogen-bond donors (Lipinski definition) is 2. The zero-order chi connectivity index (χ0) is 10.1. The van der Waals surface area contributed by atoms with E-state index in [4.69, 9.17) is 10.2 Å². The van der Waals surface area contributed by atoms with Gasteiger partial charge in [-0.15, -0.1) is 0 Å². The minimum atomic E-state index is -1.14. The van der Waals surface area contributed by atoms with Crippen LogP contribution < -0.4 is 0 Å². The zero-order valence-corrected chi connectivity index (χ0v) is 7.02. The molecule has 0 spiro atoms. The summed E-state index contributed by atoms with van der Waals surface area (Å²) in [5.41, 5.74) is -1.17. The summed E-state index contributed by atoms with van der Waals surface area (Å²) in [5, 5.41) is 17.3. The van der Waals surface area contributed by atoms with Gasteiger partial charge < -0.3 is 10.2 Å². The van der Waals surface area contributed by atoms with Crippen LogP contribution in [0.15, 0.2) is 16.8 Å².